The van der Waals surface area contributed by atoms with Crippen molar-refractivity contribution in [2.75, 3.05) is 18.4 Å². The maximum absolute atomic E-state index is 12.9. The molecule has 7 heteroatoms. The number of hydrogen-bond donors (Lipinski definition) is 2. The average Bonchev–Trinajstić information content (AvgIpc) is 2.81. The third-order valence-corrected chi connectivity index (χ3v) is 3.51. The van der Waals surface area contributed by atoms with Crippen LogP contribution in [0.3, 0.4) is 0 Å². The minimum atomic E-state index is -0.921. The fourth-order valence-corrected chi connectivity index (χ4v) is 2.47. The molecule has 1 amide bonds. The second-order valence-electron chi connectivity index (χ2n) is 4.64. The largest absolute Gasteiger partial charge is 0.480 e. The monoisotopic (exact) mass is 300 g/mol. The number of aliphatic carboxylic acids is 1. The van der Waals surface area contributed by atoms with E-state index in [1.54, 1.807) is 4.90 Å². The zero-order valence-electron chi connectivity index (χ0n) is 10.6. The molecule has 1 atom stereocenters. The molecule has 0 aliphatic carbocycles. The zero-order valence-corrected chi connectivity index (χ0v) is 11.4. The maximum Gasteiger partial charge on any atom is 0.320 e. The van der Waals surface area contributed by atoms with Gasteiger partial charge in [-0.15, -0.1) is 0 Å². The highest BCUT2D eigenvalue weighted by atomic mass is 35.5. The molecule has 1 aliphatic heterocycles. The van der Waals surface area contributed by atoms with Crippen molar-refractivity contribution in [3.63, 3.8) is 0 Å². The SMILES string of the molecule is O=C(CN1CCC[C@H]1C(=O)O)Nc1ccc(F)cc1Cl. The molecule has 0 radical (unpaired) electrons. The van der Waals surface area contributed by atoms with E-state index in [1.165, 1.54) is 12.1 Å². The number of hydrogen-bond acceptors (Lipinski definition) is 3. The number of amides is 1. The molecule has 2 rings (SSSR count). The van der Waals surface area contributed by atoms with Crippen LogP contribution in [0, 0.1) is 5.82 Å². The second kappa shape index (κ2) is 6.19. The Hall–Kier alpha value is -1.66. The second-order valence-corrected chi connectivity index (χ2v) is 5.05. The van der Waals surface area contributed by atoms with Gasteiger partial charge in [-0.2, -0.15) is 0 Å². The molecule has 1 saturated heterocycles. The summed E-state index contributed by atoms with van der Waals surface area (Å²) in [4.78, 5) is 24.5. The Kier molecular flexibility index (Phi) is 4.57. The molecule has 108 valence electrons. The van der Waals surface area contributed by atoms with Crippen molar-refractivity contribution in [3.05, 3.63) is 29.0 Å². The molecule has 0 bridgehead atoms. The van der Waals surface area contributed by atoms with E-state index >= 15 is 0 Å². The highest BCUT2D eigenvalue weighted by Crippen LogP contribution is 2.23. The maximum atomic E-state index is 12.9. The van der Waals surface area contributed by atoms with Crippen molar-refractivity contribution >= 4 is 29.2 Å². The van der Waals surface area contributed by atoms with Crippen LogP contribution < -0.4 is 5.32 Å². The van der Waals surface area contributed by atoms with Crippen molar-refractivity contribution in [1.82, 2.24) is 4.90 Å². The summed E-state index contributed by atoms with van der Waals surface area (Å²) < 4.78 is 12.9. The molecular weight excluding hydrogens is 287 g/mol. The lowest BCUT2D eigenvalue weighted by molar-refractivity contribution is -0.142. The van der Waals surface area contributed by atoms with Crippen LogP contribution in [0.5, 0.6) is 0 Å². The van der Waals surface area contributed by atoms with Gasteiger partial charge in [0.25, 0.3) is 0 Å². The van der Waals surface area contributed by atoms with E-state index in [2.05, 4.69) is 5.32 Å². The van der Waals surface area contributed by atoms with E-state index in [9.17, 15) is 14.0 Å². The highest BCUT2D eigenvalue weighted by molar-refractivity contribution is 6.33. The van der Waals surface area contributed by atoms with Gasteiger partial charge in [-0.25, -0.2) is 4.39 Å². The van der Waals surface area contributed by atoms with E-state index in [4.69, 9.17) is 16.7 Å². The molecule has 20 heavy (non-hydrogen) atoms. The number of nitrogens with zero attached hydrogens (tertiary/aromatic N) is 1. The number of carbonyl (C=O) groups is 2. The summed E-state index contributed by atoms with van der Waals surface area (Å²) in [6.07, 6.45) is 1.29. The van der Waals surface area contributed by atoms with E-state index < -0.39 is 17.8 Å². The van der Waals surface area contributed by atoms with Gasteiger partial charge in [0.05, 0.1) is 17.3 Å². The van der Waals surface area contributed by atoms with Crippen LogP contribution in [0.4, 0.5) is 10.1 Å². The number of anilines is 1. The standard InChI is InChI=1S/C13H14ClFN2O3/c14-9-6-8(15)3-4-10(9)16-12(18)7-17-5-1-2-11(17)13(19)20/h3-4,6,11H,1-2,5,7H2,(H,16,18)(H,19,20)/t11-/m0/s1. The molecule has 0 aromatic heterocycles. The molecule has 2 N–H and O–H groups in total. The van der Waals surface area contributed by atoms with Gasteiger partial charge in [-0.1, -0.05) is 11.6 Å². The van der Waals surface area contributed by atoms with Gasteiger partial charge in [0.2, 0.25) is 5.91 Å². The van der Waals surface area contributed by atoms with Crippen LogP contribution in [-0.2, 0) is 9.59 Å². The molecule has 5 nitrogen and oxygen atoms in total. The Bertz CT molecular complexity index is 538. The summed E-state index contributed by atoms with van der Waals surface area (Å²) in [5.41, 5.74) is 0.309. The lowest BCUT2D eigenvalue weighted by Gasteiger charge is -2.20. The number of halogens is 2. The molecule has 0 spiro atoms. The van der Waals surface area contributed by atoms with Crippen LogP contribution in [0.25, 0.3) is 0 Å². The van der Waals surface area contributed by atoms with Gasteiger partial charge >= 0.3 is 5.97 Å². The van der Waals surface area contributed by atoms with Gasteiger partial charge in [-0.05, 0) is 37.6 Å². The minimum absolute atomic E-state index is 0.0231. The number of likely N-dealkylation sites (tertiary alicyclic amines) is 1. The van der Waals surface area contributed by atoms with Crippen LogP contribution in [0.15, 0.2) is 18.2 Å². The third kappa shape index (κ3) is 3.46. The molecule has 1 fully saturated rings. The van der Waals surface area contributed by atoms with E-state index in [0.29, 0.717) is 18.7 Å². The topological polar surface area (TPSA) is 69.6 Å². The molecule has 1 aromatic carbocycles. The van der Waals surface area contributed by atoms with Crippen LogP contribution >= 0.6 is 11.6 Å². The van der Waals surface area contributed by atoms with Gasteiger partial charge < -0.3 is 10.4 Å². The van der Waals surface area contributed by atoms with Gasteiger partial charge in [-0.3, -0.25) is 14.5 Å². The predicted octanol–water partition coefficient (Wildman–Crippen LogP) is 1.97. The normalized spacial score (nSPS) is 19.0. The molecule has 0 unspecified atom stereocenters. The summed E-state index contributed by atoms with van der Waals surface area (Å²) in [6.45, 7) is 0.548. The Morgan fingerprint density at radius 2 is 2.25 bits per heavy atom. The predicted molar refractivity (Wildman–Crippen MR) is 72.3 cm³/mol. The Balaban J connectivity index is 1.97. The fraction of sp³-hybridized carbons (Fsp3) is 0.385. The first-order valence-corrected chi connectivity index (χ1v) is 6.57. The summed E-state index contributed by atoms with van der Waals surface area (Å²) in [7, 11) is 0. The van der Waals surface area contributed by atoms with Gasteiger partial charge in [0.1, 0.15) is 11.9 Å². The first-order chi connectivity index (χ1) is 9.47. The van der Waals surface area contributed by atoms with Crippen molar-refractivity contribution in [2.45, 2.75) is 18.9 Å². The summed E-state index contributed by atoms with van der Waals surface area (Å²) in [5, 5.41) is 11.7. The lowest BCUT2D eigenvalue weighted by atomic mass is 10.2. The Morgan fingerprint density at radius 3 is 2.90 bits per heavy atom. The zero-order chi connectivity index (χ0) is 14.7. The highest BCUT2D eigenvalue weighted by Gasteiger charge is 2.31. The molecule has 1 aromatic rings. The van der Waals surface area contributed by atoms with Crippen molar-refractivity contribution < 1.29 is 19.1 Å². The van der Waals surface area contributed by atoms with Crippen LogP contribution in [-0.4, -0.2) is 41.0 Å². The minimum Gasteiger partial charge on any atom is -0.480 e. The summed E-state index contributed by atoms with van der Waals surface area (Å²) in [5.74, 6) is -1.78. The Morgan fingerprint density at radius 1 is 1.50 bits per heavy atom. The quantitative estimate of drug-likeness (QED) is 0.892. The molecule has 0 saturated carbocycles. The van der Waals surface area contributed by atoms with Gasteiger partial charge in [0, 0.05) is 0 Å². The van der Waals surface area contributed by atoms with Crippen LogP contribution in [0.1, 0.15) is 12.8 Å². The summed E-state index contributed by atoms with van der Waals surface area (Å²) in [6, 6.07) is 3.04. The third-order valence-electron chi connectivity index (χ3n) is 3.20. The van der Waals surface area contributed by atoms with Crippen molar-refractivity contribution in [2.24, 2.45) is 0 Å². The first kappa shape index (κ1) is 14.7. The number of carboxylic acids is 1. The molecular formula is C13H14ClFN2O3. The van der Waals surface area contributed by atoms with E-state index in [1.807, 2.05) is 0 Å². The number of rotatable bonds is 4. The Labute approximate surface area is 120 Å². The van der Waals surface area contributed by atoms with Crippen molar-refractivity contribution in [3.8, 4) is 0 Å². The van der Waals surface area contributed by atoms with Crippen LogP contribution in [0.2, 0.25) is 5.02 Å². The molecule has 1 aliphatic rings. The number of nitrogens with one attached hydrogen (secondary N) is 1. The smallest absolute Gasteiger partial charge is 0.320 e. The molecule has 1 heterocycles. The van der Waals surface area contributed by atoms with E-state index in [0.717, 1.165) is 12.5 Å². The van der Waals surface area contributed by atoms with Gasteiger partial charge in [0.15, 0.2) is 0 Å². The lowest BCUT2D eigenvalue weighted by Crippen LogP contribution is -2.40. The number of benzene rings is 1. The number of carboxylic acid groups (broad SMARTS) is 1. The fourth-order valence-electron chi connectivity index (χ4n) is 2.26. The van der Waals surface area contributed by atoms with E-state index in [-0.39, 0.29) is 17.5 Å². The van der Waals surface area contributed by atoms with Crippen molar-refractivity contribution in [1.29, 1.82) is 0 Å². The summed E-state index contributed by atoms with van der Waals surface area (Å²) >= 11 is 5.81. The average molecular weight is 301 g/mol. The first-order valence-electron chi connectivity index (χ1n) is 6.19. The number of carbonyl (C=O) groups excluding carboxylic acids is 1.